The Labute approximate surface area is 101 Å². The molecule has 0 aliphatic heterocycles. The first-order chi connectivity index (χ1) is 7.20. The predicted molar refractivity (Wildman–Crippen MR) is 71.3 cm³/mol. The summed E-state index contributed by atoms with van der Waals surface area (Å²) in [6, 6.07) is 0. The number of rotatable bonds is 0. The lowest BCUT2D eigenvalue weighted by atomic mass is 9.34. The maximum absolute atomic E-state index is 2.48. The zero-order valence-electron chi connectivity index (χ0n) is 12.2. The third kappa shape index (κ3) is 0.893. The summed E-state index contributed by atoms with van der Waals surface area (Å²) in [5.74, 6) is 1.60. The van der Waals surface area contributed by atoms with Crippen LogP contribution < -0.4 is 0 Å². The Bertz CT molecular complexity index is 370. The first-order valence-corrected chi connectivity index (χ1v) is 6.57. The molecule has 4 unspecified atom stereocenters. The molecule has 0 aromatic rings. The van der Waals surface area contributed by atoms with Crippen LogP contribution in [0.25, 0.3) is 0 Å². The van der Waals surface area contributed by atoms with Crippen LogP contribution in [0.4, 0.5) is 0 Å². The summed E-state index contributed by atoms with van der Waals surface area (Å²) in [5, 5.41) is 0. The molecule has 1 saturated carbocycles. The van der Waals surface area contributed by atoms with E-state index in [2.05, 4.69) is 55.4 Å². The average Bonchev–Trinajstić information content (AvgIpc) is 2.29. The van der Waals surface area contributed by atoms with Gasteiger partial charge in [0.05, 0.1) is 0 Å². The van der Waals surface area contributed by atoms with Gasteiger partial charge in [0.1, 0.15) is 0 Å². The fourth-order valence-electron chi connectivity index (χ4n) is 4.65. The van der Waals surface area contributed by atoms with E-state index in [1.165, 1.54) is 11.1 Å². The van der Waals surface area contributed by atoms with Crippen LogP contribution in [0.1, 0.15) is 55.4 Å². The first kappa shape index (κ1) is 12.0. The summed E-state index contributed by atoms with van der Waals surface area (Å²) in [6.45, 7) is 19.1. The molecule has 0 radical (unpaired) electrons. The summed E-state index contributed by atoms with van der Waals surface area (Å²) in [5.41, 5.74) is 7.11. The molecule has 0 heteroatoms. The lowest BCUT2D eigenvalue weighted by molar-refractivity contribution is -0.124. The van der Waals surface area contributed by atoms with Crippen molar-refractivity contribution in [1.82, 2.24) is 0 Å². The van der Waals surface area contributed by atoms with Gasteiger partial charge in [-0.15, -0.1) is 0 Å². The van der Waals surface area contributed by atoms with E-state index in [9.17, 15) is 0 Å². The highest BCUT2D eigenvalue weighted by Crippen LogP contribution is 2.72. The number of hydrogen-bond donors (Lipinski definition) is 0. The van der Waals surface area contributed by atoms with Gasteiger partial charge in [-0.25, -0.2) is 0 Å². The molecular formula is C16H26. The van der Waals surface area contributed by atoms with Crippen LogP contribution in [0.15, 0.2) is 22.3 Å². The molecule has 0 saturated heterocycles. The Hall–Kier alpha value is -0.520. The maximum Gasteiger partial charge on any atom is 0.000879 e. The molecule has 4 atom stereocenters. The highest BCUT2D eigenvalue weighted by molar-refractivity contribution is 5.50. The average molecular weight is 218 g/mol. The molecule has 2 aliphatic rings. The van der Waals surface area contributed by atoms with Crippen molar-refractivity contribution in [3.63, 3.8) is 0 Å². The van der Waals surface area contributed by atoms with Crippen molar-refractivity contribution in [2.24, 2.45) is 22.7 Å². The summed E-state index contributed by atoms with van der Waals surface area (Å²) in [7, 11) is 0. The zero-order chi connectivity index (χ0) is 12.5. The van der Waals surface area contributed by atoms with E-state index in [0.29, 0.717) is 10.8 Å². The molecule has 16 heavy (non-hydrogen) atoms. The minimum atomic E-state index is 0.389. The topological polar surface area (TPSA) is 0 Å². The second-order valence-electron chi connectivity index (χ2n) is 6.48. The van der Waals surface area contributed by atoms with E-state index in [4.69, 9.17) is 0 Å². The van der Waals surface area contributed by atoms with Crippen molar-refractivity contribution in [3.8, 4) is 0 Å². The van der Waals surface area contributed by atoms with Gasteiger partial charge in [-0.1, -0.05) is 38.8 Å². The molecule has 2 rings (SSSR count). The van der Waals surface area contributed by atoms with Crippen LogP contribution in [0, 0.1) is 22.7 Å². The molecule has 0 N–H and O–H groups in total. The highest BCUT2D eigenvalue weighted by atomic mass is 14.7. The third-order valence-electron chi connectivity index (χ3n) is 6.90. The standard InChI is InChI=1S/C16H26/c1-9-10(2)12(4)16(8)14(6)13(5)15(16,7)11(9)3/h13-14H,1-8H3. The van der Waals surface area contributed by atoms with Crippen LogP contribution in [0.2, 0.25) is 0 Å². The third-order valence-corrected chi connectivity index (χ3v) is 6.90. The molecule has 0 amide bonds. The number of allylic oxidation sites excluding steroid dienone is 4. The highest BCUT2D eigenvalue weighted by Gasteiger charge is 2.65. The normalized spacial score (nSPS) is 48.0. The molecule has 0 aromatic carbocycles. The van der Waals surface area contributed by atoms with E-state index in [1.54, 1.807) is 11.1 Å². The molecule has 1 fully saturated rings. The van der Waals surface area contributed by atoms with E-state index >= 15 is 0 Å². The molecule has 2 aliphatic carbocycles. The molecule has 0 nitrogen and oxygen atoms in total. The SMILES string of the molecule is CC1=C(C)C2(C)C(C)C(C)C2(C)C(C)=C1C. The van der Waals surface area contributed by atoms with Crippen LogP contribution in [-0.2, 0) is 0 Å². The molecule has 0 heterocycles. The van der Waals surface area contributed by atoms with Gasteiger partial charge in [-0.05, 0) is 50.7 Å². The zero-order valence-corrected chi connectivity index (χ0v) is 12.2. The van der Waals surface area contributed by atoms with Gasteiger partial charge in [0.25, 0.3) is 0 Å². The Morgan fingerprint density at radius 2 is 0.938 bits per heavy atom. The van der Waals surface area contributed by atoms with Crippen molar-refractivity contribution in [2.75, 3.05) is 0 Å². The predicted octanol–water partition coefficient (Wildman–Crippen LogP) is 4.97. The van der Waals surface area contributed by atoms with Gasteiger partial charge in [-0.3, -0.25) is 0 Å². The van der Waals surface area contributed by atoms with Crippen LogP contribution in [-0.4, -0.2) is 0 Å². The van der Waals surface area contributed by atoms with Gasteiger partial charge in [-0.2, -0.15) is 0 Å². The number of fused-ring (bicyclic) bond motifs is 1. The van der Waals surface area contributed by atoms with Crippen molar-refractivity contribution in [1.29, 1.82) is 0 Å². The summed E-state index contributed by atoms with van der Waals surface area (Å²) < 4.78 is 0. The monoisotopic (exact) mass is 218 g/mol. The van der Waals surface area contributed by atoms with Crippen LogP contribution in [0.3, 0.4) is 0 Å². The van der Waals surface area contributed by atoms with Gasteiger partial charge >= 0.3 is 0 Å². The van der Waals surface area contributed by atoms with Crippen molar-refractivity contribution >= 4 is 0 Å². The van der Waals surface area contributed by atoms with Crippen molar-refractivity contribution < 1.29 is 0 Å². The summed E-state index contributed by atoms with van der Waals surface area (Å²) in [4.78, 5) is 0. The Balaban J connectivity index is 2.69. The van der Waals surface area contributed by atoms with Crippen molar-refractivity contribution in [2.45, 2.75) is 55.4 Å². The fraction of sp³-hybridized carbons (Fsp3) is 0.750. The summed E-state index contributed by atoms with van der Waals surface area (Å²) in [6.07, 6.45) is 0. The van der Waals surface area contributed by atoms with Gasteiger partial charge in [0.2, 0.25) is 0 Å². The molecule has 0 bridgehead atoms. The van der Waals surface area contributed by atoms with E-state index in [0.717, 1.165) is 11.8 Å². The quantitative estimate of drug-likeness (QED) is 0.538. The maximum atomic E-state index is 2.48. The van der Waals surface area contributed by atoms with Gasteiger partial charge < -0.3 is 0 Å². The lowest BCUT2D eigenvalue weighted by Crippen LogP contribution is -2.63. The molecule has 90 valence electrons. The van der Waals surface area contributed by atoms with Gasteiger partial charge in [0, 0.05) is 10.8 Å². The summed E-state index contributed by atoms with van der Waals surface area (Å²) >= 11 is 0. The van der Waals surface area contributed by atoms with E-state index in [-0.39, 0.29) is 0 Å². The van der Waals surface area contributed by atoms with Gasteiger partial charge in [0.15, 0.2) is 0 Å². The lowest BCUT2D eigenvalue weighted by Gasteiger charge is -2.69. The number of hydrogen-bond acceptors (Lipinski definition) is 0. The Morgan fingerprint density at radius 3 is 1.19 bits per heavy atom. The van der Waals surface area contributed by atoms with Crippen LogP contribution >= 0.6 is 0 Å². The second-order valence-corrected chi connectivity index (χ2v) is 6.48. The largest absolute Gasteiger partial charge is 0.0631 e. The minimum Gasteiger partial charge on any atom is -0.0631 e. The molecule has 0 aromatic heterocycles. The van der Waals surface area contributed by atoms with E-state index < -0.39 is 0 Å². The minimum absolute atomic E-state index is 0.389. The second kappa shape index (κ2) is 3.03. The Kier molecular flexibility index (Phi) is 2.26. The van der Waals surface area contributed by atoms with Crippen LogP contribution in [0.5, 0.6) is 0 Å². The smallest absolute Gasteiger partial charge is 0.000879 e. The molecule has 0 spiro atoms. The molecular weight excluding hydrogens is 192 g/mol. The van der Waals surface area contributed by atoms with Crippen molar-refractivity contribution in [3.05, 3.63) is 22.3 Å². The first-order valence-electron chi connectivity index (χ1n) is 6.57. The fourth-order valence-corrected chi connectivity index (χ4v) is 4.65. The Morgan fingerprint density at radius 1 is 0.688 bits per heavy atom. The van der Waals surface area contributed by atoms with E-state index in [1.807, 2.05) is 0 Å².